The number of benzene rings is 1. The number of rotatable bonds is 12. The van der Waals surface area contributed by atoms with Crippen molar-refractivity contribution in [3.05, 3.63) is 48.0 Å². The number of phenols is 1. The van der Waals surface area contributed by atoms with Crippen molar-refractivity contribution < 1.29 is 5.11 Å². The van der Waals surface area contributed by atoms with Gasteiger partial charge >= 0.3 is 0 Å². The van der Waals surface area contributed by atoms with E-state index in [4.69, 9.17) is 0 Å². The van der Waals surface area contributed by atoms with Gasteiger partial charge in [-0.25, -0.2) is 4.98 Å². The van der Waals surface area contributed by atoms with Gasteiger partial charge < -0.3 is 10.1 Å². The number of hydrogen-bond acceptors (Lipinski definition) is 3. The van der Waals surface area contributed by atoms with Crippen molar-refractivity contribution in [2.75, 3.05) is 12.0 Å². The second kappa shape index (κ2) is 11.3. The van der Waals surface area contributed by atoms with Crippen molar-refractivity contribution in [1.82, 2.24) is 9.97 Å². The molecule has 0 aliphatic carbocycles. The van der Waals surface area contributed by atoms with E-state index in [0.717, 1.165) is 12.3 Å². The highest BCUT2D eigenvalue weighted by atomic mass is 32.2. The van der Waals surface area contributed by atoms with Crippen LogP contribution in [0.4, 0.5) is 0 Å². The van der Waals surface area contributed by atoms with Gasteiger partial charge in [-0.3, -0.25) is 0 Å². The van der Waals surface area contributed by atoms with Crippen LogP contribution in [0.1, 0.15) is 63.1 Å². The van der Waals surface area contributed by atoms with E-state index in [1.807, 2.05) is 18.0 Å². The molecule has 0 aliphatic heterocycles. The SMILES string of the molecule is CSCCC(C)CCC(CCC(C)c1c[nH]cn1)Cc1ccc(O)cc1. The molecule has 0 fully saturated rings. The Morgan fingerprint density at radius 1 is 1.04 bits per heavy atom. The molecule has 3 nitrogen and oxygen atoms in total. The molecule has 0 aliphatic rings. The van der Waals surface area contributed by atoms with Gasteiger partial charge in [0, 0.05) is 6.20 Å². The van der Waals surface area contributed by atoms with Gasteiger partial charge in [-0.05, 0) is 79.6 Å². The van der Waals surface area contributed by atoms with Gasteiger partial charge in [-0.1, -0.05) is 32.4 Å². The topological polar surface area (TPSA) is 48.9 Å². The highest BCUT2D eigenvalue weighted by Gasteiger charge is 2.15. The van der Waals surface area contributed by atoms with Crippen molar-refractivity contribution >= 4 is 11.8 Å². The predicted octanol–water partition coefficient (Wildman–Crippen LogP) is 6.03. The standard InChI is InChI=1S/C22H34N2OS/c1-17(12-13-26-3)4-6-19(14-20-8-10-21(25)11-9-20)7-5-18(2)22-15-23-16-24-22/h8-11,15-19,25H,4-7,12-14H2,1-3H3,(H,23,24). The lowest BCUT2D eigenvalue weighted by Gasteiger charge is -2.21. The van der Waals surface area contributed by atoms with Crippen LogP contribution in [0.3, 0.4) is 0 Å². The molecule has 0 spiro atoms. The molecule has 2 rings (SSSR count). The number of imidazole rings is 1. The van der Waals surface area contributed by atoms with Gasteiger partial charge in [-0.2, -0.15) is 11.8 Å². The zero-order valence-corrected chi connectivity index (χ0v) is 17.3. The third kappa shape index (κ3) is 7.45. The normalized spacial score (nSPS) is 14.9. The maximum absolute atomic E-state index is 9.52. The van der Waals surface area contributed by atoms with Gasteiger partial charge in [-0.15, -0.1) is 0 Å². The summed E-state index contributed by atoms with van der Waals surface area (Å²) in [5.41, 5.74) is 2.50. The van der Waals surface area contributed by atoms with Crippen LogP contribution in [0.5, 0.6) is 5.75 Å². The highest BCUT2D eigenvalue weighted by Crippen LogP contribution is 2.28. The quantitative estimate of drug-likeness (QED) is 0.477. The zero-order valence-electron chi connectivity index (χ0n) is 16.4. The van der Waals surface area contributed by atoms with E-state index in [9.17, 15) is 5.11 Å². The number of aromatic hydroxyl groups is 1. The predicted molar refractivity (Wildman–Crippen MR) is 113 cm³/mol. The van der Waals surface area contributed by atoms with Crippen LogP contribution in [0.2, 0.25) is 0 Å². The lowest BCUT2D eigenvalue weighted by atomic mass is 9.85. The summed E-state index contributed by atoms with van der Waals surface area (Å²) in [7, 11) is 0. The Morgan fingerprint density at radius 3 is 2.42 bits per heavy atom. The molecule has 0 saturated heterocycles. The van der Waals surface area contributed by atoms with E-state index < -0.39 is 0 Å². The summed E-state index contributed by atoms with van der Waals surface area (Å²) in [5, 5.41) is 9.52. The van der Waals surface area contributed by atoms with E-state index in [-0.39, 0.29) is 0 Å². The molecule has 0 bridgehead atoms. The molecular weight excluding hydrogens is 340 g/mol. The molecule has 2 aromatic rings. The van der Waals surface area contributed by atoms with Crippen LogP contribution in [0, 0.1) is 11.8 Å². The van der Waals surface area contributed by atoms with Gasteiger partial charge in [0.25, 0.3) is 0 Å². The highest BCUT2D eigenvalue weighted by molar-refractivity contribution is 7.98. The molecule has 1 heterocycles. The first-order chi connectivity index (χ1) is 12.6. The molecule has 3 atom stereocenters. The van der Waals surface area contributed by atoms with Crippen molar-refractivity contribution in [2.45, 2.75) is 58.3 Å². The number of nitrogens with one attached hydrogen (secondary N) is 1. The van der Waals surface area contributed by atoms with E-state index in [1.54, 1.807) is 18.5 Å². The van der Waals surface area contributed by atoms with Crippen LogP contribution in [0.25, 0.3) is 0 Å². The second-order valence-electron chi connectivity index (χ2n) is 7.67. The number of H-pyrrole nitrogens is 1. The zero-order chi connectivity index (χ0) is 18.8. The smallest absolute Gasteiger partial charge is 0.115 e. The maximum Gasteiger partial charge on any atom is 0.115 e. The summed E-state index contributed by atoms with van der Waals surface area (Å²) in [4.78, 5) is 7.48. The number of aromatic nitrogens is 2. The van der Waals surface area contributed by atoms with Crippen molar-refractivity contribution in [2.24, 2.45) is 11.8 Å². The number of hydrogen-bond donors (Lipinski definition) is 2. The summed E-state index contributed by atoms with van der Waals surface area (Å²) >= 11 is 1.95. The maximum atomic E-state index is 9.52. The van der Waals surface area contributed by atoms with Gasteiger partial charge in [0.15, 0.2) is 0 Å². The molecule has 0 amide bonds. The molecule has 0 radical (unpaired) electrons. The first-order valence-electron chi connectivity index (χ1n) is 9.84. The minimum atomic E-state index is 0.350. The monoisotopic (exact) mass is 374 g/mol. The van der Waals surface area contributed by atoms with E-state index >= 15 is 0 Å². The fourth-order valence-electron chi connectivity index (χ4n) is 3.47. The van der Waals surface area contributed by atoms with Crippen molar-refractivity contribution in [3.63, 3.8) is 0 Å². The average molecular weight is 375 g/mol. The Labute approximate surface area is 163 Å². The minimum Gasteiger partial charge on any atom is -0.508 e. The molecular formula is C22H34N2OS. The largest absolute Gasteiger partial charge is 0.508 e. The molecule has 1 aromatic heterocycles. The van der Waals surface area contributed by atoms with Crippen LogP contribution in [0.15, 0.2) is 36.8 Å². The first-order valence-corrected chi connectivity index (χ1v) is 11.2. The van der Waals surface area contributed by atoms with Crippen LogP contribution >= 0.6 is 11.8 Å². The second-order valence-corrected chi connectivity index (χ2v) is 8.66. The molecule has 26 heavy (non-hydrogen) atoms. The number of thioether (sulfide) groups is 1. The van der Waals surface area contributed by atoms with Gasteiger partial charge in [0.1, 0.15) is 5.75 Å². The Kier molecular flexibility index (Phi) is 9.10. The average Bonchev–Trinajstić information content (AvgIpc) is 3.18. The minimum absolute atomic E-state index is 0.350. The first kappa shape index (κ1) is 20.9. The van der Waals surface area contributed by atoms with E-state index in [1.165, 1.54) is 49.1 Å². The summed E-state index contributed by atoms with van der Waals surface area (Å²) in [5.74, 6) is 3.60. The molecule has 4 heteroatoms. The summed E-state index contributed by atoms with van der Waals surface area (Å²) in [6, 6.07) is 7.74. The van der Waals surface area contributed by atoms with Crippen molar-refractivity contribution in [1.29, 1.82) is 0 Å². The fourth-order valence-corrected chi connectivity index (χ4v) is 4.11. The third-order valence-corrected chi connectivity index (χ3v) is 6.02. The van der Waals surface area contributed by atoms with Crippen LogP contribution in [-0.2, 0) is 6.42 Å². The lowest BCUT2D eigenvalue weighted by Crippen LogP contribution is -2.09. The number of phenolic OH excluding ortho intramolecular Hbond substituents is 1. The molecule has 0 saturated carbocycles. The van der Waals surface area contributed by atoms with Crippen LogP contribution in [-0.4, -0.2) is 27.1 Å². The third-order valence-electron chi connectivity index (χ3n) is 5.38. The van der Waals surface area contributed by atoms with Gasteiger partial charge in [0.2, 0.25) is 0 Å². The Bertz CT molecular complexity index is 597. The molecule has 2 N–H and O–H groups in total. The molecule has 1 aromatic carbocycles. The Hall–Kier alpha value is -1.42. The summed E-state index contributed by atoms with van der Waals surface area (Å²) < 4.78 is 0. The van der Waals surface area contributed by atoms with Gasteiger partial charge in [0.05, 0.1) is 12.0 Å². The lowest BCUT2D eigenvalue weighted by molar-refractivity contribution is 0.367. The van der Waals surface area contributed by atoms with Crippen molar-refractivity contribution in [3.8, 4) is 5.75 Å². The summed E-state index contributed by atoms with van der Waals surface area (Å²) in [6.45, 7) is 4.66. The van der Waals surface area contributed by atoms with E-state index in [2.05, 4.69) is 42.2 Å². The molecule has 3 unspecified atom stereocenters. The Balaban J connectivity index is 1.90. The van der Waals surface area contributed by atoms with E-state index in [0.29, 0.717) is 17.6 Å². The fraction of sp³-hybridized carbons (Fsp3) is 0.591. The number of aromatic amines is 1. The molecule has 144 valence electrons. The van der Waals surface area contributed by atoms with Crippen LogP contribution < -0.4 is 0 Å². The Morgan fingerprint density at radius 2 is 1.77 bits per heavy atom. The summed E-state index contributed by atoms with van der Waals surface area (Å²) in [6.07, 6.45) is 13.4. The number of nitrogens with zero attached hydrogens (tertiary/aromatic N) is 1.